The highest BCUT2D eigenvalue weighted by Crippen LogP contribution is 2.38. The summed E-state index contributed by atoms with van der Waals surface area (Å²) in [6.07, 6.45) is 8.77. The summed E-state index contributed by atoms with van der Waals surface area (Å²) in [6, 6.07) is 1.79. The maximum absolute atomic E-state index is 2.78. The van der Waals surface area contributed by atoms with Gasteiger partial charge in [0.25, 0.3) is 0 Å². The molecule has 1 heteroatoms. The van der Waals surface area contributed by atoms with Crippen molar-refractivity contribution in [1.29, 1.82) is 0 Å². The minimum absolute atomic E-state index is 0.827. The Labute approximate surface area is 82.5 Å². The van der Waals surface area contributed by atoms with E-state index in [9.17, 15) is 0 Å². The molecule has 0 bridgehead atoms. The first-order valence-corrected chi connectivity index (χ1v) is 6.08. The number of rotatable bonds is 3. The minimum Gasteiger partial charge on any atom is -0.297 e. The van der Waals surface area contributed by atoms with Crippen molar-refractivity contribution in [3.05, 3.63) is 0 Å². The van der Waals surface area contributed by atoms with Gasteiger partial charge in [-0.1, -0.05) is 13.3 Å². The van der Waals surface area contributed by atoms with Gasteiger partial charge in [-0.25, -0.2) is 0 Å². The van der Waals surface area contributed by atoms with E-state index in [0.29, 0.717) is 0 Å². The Morgan fingerprint density at radius 3 is 2.54 bits per heavy atom. The fourth-order valence-electron chi connectivity index (χ4n) is 2.93. The van der Waals surface area contributed by atoms with Crippen molar-refractivity contribution < 1.29 is 0 Å². The van der Waals surface area contributed by atoms with Gasteiger partial charge in [0, 0.05) is 12.1 Å². The molecule has 2 fully saturated rings. The van der Waals surface area contributed by atoms with Crippen molar-refractivity contribution in [2.45, 2.75) is 64.5 Å². The molecular formula is C12H23N. The quantitative estimate of drug-likeness (QED) is 0.647. The van der Waals surface area contributed by atoms with Crippen LogP contribution in [0.2, 0.25) is 0 Å². The van der Waals surface area contributed by atoms with Crippen molar-refractivity contribution >= 4 is 0 Å². The topological polar surface area (TPSA) is 3.24 Å². The number of nitrogens with zero attached hydrogens (tertiary/aromatic N) is 1. The van der Waals surface area contributed by atoms with Gasteiger partial charge in [0.15, 0.2) is 0 Å². The molecule has 1 nitrogen and oxygen atoms in total. The van der Waals surface area contributed by atoms with E-state index >= 15 is 0 Å². The fraction of sp³-hybridized carbons (Fsp3) is 1.00. The largest absolute Gasteiger partial charge is 0.297 e. The molecule has 1 heterocycles. The lowest BCUT2D eigenvalue weighted by atomic mass is 9.78. The average Bonchev–Trinajstić information content (AvgIpc) is 2.49. The van der Waals surface area contributed by atoms with Crippen LogP contribution in [0.3, 0.4) is 0 Å². The molecule has 0 aromatic rings. The van der Waals surface area contributed by atoms with E-state index in [0.717, 1.165) is 18.0 Å². The molecule has 0 aromatic carbocycles. The van der Waals surface area contributed by atoms with Gasteiger partial charge in [-0.2, -0.15) is 0 Å². The molecule has 0 amide bonds. The van der Waals surface area contributed by atoms with Gasteiger partial charge in [0.05, 0.1) is 0 Å². The number of hydrogen-bond donors (Lipinski definition) is 0. The summed E-state index contributed by atoms with van der Waals surface area (Å²) in [5.74, 6) is 1.07. The van der Waals surface area contributed by atoms with Gasteiger partial charge in [-0.3, -0.25) is 4.90 Å². The Morgan fingerprint density at radius 2 is 2.00 bits per heavy atom. The van der Waals surface area contributed by atoms with E-state index in [-0.39, 0.29) is 0 Å². The molecule has 2 unspecified atom stereocenters. The fourth-order valence-corrected chi connectivity index (χ4v) is 2.93. The molecule has 1 aliphatic carbocycles. The summed E-state index contributed by atoms with van der Waals surface area (Å²) >= 11 is 0. The van der Waals surface area contributed by atoms with Crippen LogP contribution < -0.4 is 0 Å². The zero-order valence-electron chi connectivity index (χ0n) is 9.13. The Morgan fingerprint density at radius 1 is 1.23 bits per heavy atom. The normalized spacial score (nSPS) is 33.2. The molecule has 1 saturated carbocycles. The molecule has 1 aliphatic heterocycles. The third-order valence-corrected chi connectivity index (χ3v) is 4.19. The van der Waals surface area contributed by atoms with Crippen LogP contribution in [-0.2, 0) is 0 Å². The summed E-state index contributed by atoms with van der Waals surface area (Å²) < 4.78 is 0. The highest BCUT2D eigenvalue weighted by atomic mass is 15.2. The Kier molecular flexibility index (Phi) is 2.92. The van der Waals surface area contributed by atoms with Crippen LogP contribution in [-0.4, -0.2) is 23.5 Å². The zero-order valence-corrected chi connectivity index (χ0v) is 9.13. The maximum Gasteiger partial charge on any atom is 0.0127 e. The highest BCUT2D eigenvalue weighted by molar-refractivity contribution is 4.90. The Bertz CT molecular complexity index is 152. The van der Waals surface area contributed by atoms with E-state index in [1.165, 1.54) is 45.1 Å². The van der Waals surface area contributed by atoms with Gasteiger partial charge in [-0.15, -0.1) is 0 Å². The molecule has 2 rings (SSSR count). The van der Waals surface area contributed by atoms with Gasteiger partial charge in [0.1, 0.15) is 0 Å². The van der Waals surface area contributed by atoms with E-state index in [2.05, 4.69) is 18.7 Å². The first-order chi connectivity index (χ1) is 6.33. The van der Waals surface area contributed by atoms with E-state index in [4.69, 9.17) is 0 Å². The van der Waals surface area contributed by atoms with E-state index in [1.807, 2.05) is 0 Å². The third-order valence-electron chi connectivity index (χ3n) is 4.19. The molecule has 0 aromatic heterocycles. The predicted molar refractivity (Wildman–Crippen MR) is 56.8 cm³/mol. The molecule has 2 atom stereocenters. The van der Waals surface area contributed by atoms with Crippen molar-refractivity contribution in [3.8, 4) is 0 Å². The second kappa shape index (κ2) is 4.00. The standard InChI is InChI=1S/C12H23N/c1-3-10(2)13-9-5-8-12(13)11-6-4-7-11/h10-12H,3-9H2,1-2H3. The van der Waals surface area contributed by atoms with Crippen molar-refractivity contribution in [2.24, 2.45) is 5.92 Å². The minimum atomic E-state index is 0.827. The second-order valence-electron chi connectivity index (χ2n) is 4.90. The first-order valence-electron chi connectivity index (χ1n) is 6.08. The Hall–Kier alpha value is -0.0400. The lowest BCUT2D eigenvalue weighted by Crippen LogP contribution is -2.43. The summed E-state index contributed by atoms with van der Waals surface area (Å²) in [7, 11) is 0. The summed E-state index contributed by atoms with van der Waals surface area (Å²) in [5, 5.41) is 0. The lowest BCUT2D eigenvalue weighted by Gasteiger charge is -2.39. The van der Waals surface area contributed by atoms with Crippen LogP contribution in [0.25, 0.3) is 0 Å². The van der Waals surface area contributed by atoms with E-state index < -0.39 is 0 Å². The maximum atomic E-state index is 2.78. The second-order valence-corrected chi connectivity index (χ2v) is 4.90. The molecule has 0 spiro atoms. The summed E-state index contributed by atoms with van der Waals surface area (Å²) in [6.45, 7) is 6.09. The molecule has 2 aliphatic rings. The van der Waals surface area contributed by atoms with Crippen molar-refractivity contribution in [1.82, 2.24) is 4.90 Å². The Balaban J connectivity index is 1.92. The lowest BCUT2D eigenvalue weighted by molar-refractivity contribution is 0.0982. The molecule has 0 N–H and O–H groups in total. The summed E-state index contributed by atoms with van der Waals surface area (Å²) in [5.41, 5.74) is 0. The number of hydrogen-bond acceptors (Lipinski definition) is 1. The van der Waals surface area contributed by atoms with Crippen LogP contribution in [0.4, 0.5) is 0 Å². The smallest absolute Gasteiger partial charge is 0.0127 e. The van der Waals surface area contributed by atoms with Crippen LogP contribution in [0, 0.1) is 5.92 Å². The van der Waals surface area contributed by atoms with Gasteiger partial charge >= 0.3 is 0 Å². The first kappa shape index (κ1) is 9.51. The van der Waals surface area contributed by atoms with E-state index in [1.54, 1.807) is 0 Å². The van der Waals surface area contributed by atoms with Gasteiger partial charge < -0.3 is 0 Å². The van der Waals surface area contributed by atoms with Crippen molar-refractivity contribution in [2.75, 3.05) is 6.54 Å². The van der Waals surface area contributed by atoms with Gasteiger partial charge in [0.2, 0.25) is 0 Å². The predicted octanol–water partition coefficient (Wildman–Crippen LogP) is 3.05. The molecule has 13 heavy (non-hydrogen) atoms. The number of likely N-dealkylation sites (tertiary alicyclic amines) is 1. The van der Waals surface area contributed by atoms with Crippen LogP contribution >= 0.6 is 0 Å². The SMILES string of the molecule is CCC(C)N1CCCC1C1CCC1. The monoisotopic (exact) mass is 181 g/mol. The highest BCUT2D eigenvalue weighted by Gasteiger charge is 2.36. The average molecular weight is 181 g/mol. The van der Waals surface area contributed by atoms with Crippen LogP contribution in [0.15, 0.2) is 0 Å². The van der Waals surface area contributed by atoms with Crippen molar-refractivity contribution in [3.63, 3.8) is 0 Å². The van der Waals surface area contributed by atoms with Crippen LogP contribution in [0.5, 0.6) is 0 Å². The zero-order chi connectivity index (χ0) is 9.26. The summed E-state index contributed by atoms with van der Waals surface area (Å²) in [4.78, 5) is 2.78. The third kappa shape index (κ3) is 1.76. The molecule has 1 saturated heterocycles. The molecule has 76 valence electrons. The molecular weight excluding hydrogens is 158 g/mol. The van der Waals surface area contributed by atoms with Crippen LogP contribution in [0.1, 0.15) is 52.4 Å². The van der Waals surface area contributed by atoms with Gasteiger partial charge in [-0.05, 0) is 51.5 Å². The molecule has 0 radical (unpaired) electrons.